The van der Waals surface area contributed by atoms with Crippen LogP contribution in [-0.4, -0.2) is 16.6 Å². The summed E-state index contributed by atoms with van der Waals surface area (Å²) in [5, 5.41) is 6.19. The number of benzene rings is 2. The van der Waals surface area contributed by atoms with Gasteiger partial charge < -0.3 is 4.42 Å². The normalized spacial score (nSPS) is 16.8. The first-order chi connectivity index (χ1) is 12.2. The second kappa shape index (κ2) is 6.40. The third kappa shape index (κ3) is 2.98. The Morgan fingerprint density at radius 3 is 2.64 bits per heavy atom. The summed E-state index contributed by atoms with van der Waals surface area (Å²) in [6, 6.07) is 21.0. The molecule has 0 fully saturated rings. The van der Waals surface area contributed by atoms with Crippen LogP contribution in [0.2, 0.25) is 0 Å². The second-order valence-electron chi connectivity index (χ2n) is 6.17. The molecule has 4 nitrogen and oxygen atoms in total. The zero-order valence-electron chi connectivity index (χ0n) is 13.9. The Labute approximate surface area is 146 Å². The lowest BCUT2D eigenvalue weighted by atomic mass is 10.0. The van der Waals surface area contributed by atoms with Gasteiger partial charge in [-0.3, -0.25) is 4.79 Å². The Kier molecular flexibility index (Phi) is 3.94. The van der Waals surface area contributed by atoms with E-state index in [-0.39, 0.29) is 11.9 Å². The largest absolute Gasteiger partial charge is 0.467 e. The van der Waals surface area contributed by atoms with Gasteiger partial charge in [0.25, 0.3) is 5.91 Å². The highest BCUT2D eigenvalue weighted by molar-refractivity contribution is 6.04. The van der Waals surface area contributed by atoms with Crippen molar-refractivity contribution in [1.82, 2.24) is 5.01 Å². The second-order valence-corrected chi connectivity index (χ2v) is 6.17. The molecule has 1 aliphatic heterocycles. The van der Waals surface area contributed by atoms with Crippen molar-refractivity contribution in [2.75, 3.05) is 0 Å². The number of hydrazone groups is 1. The fourth-order valence-electron chi connectivity index (χ4n) is 3.12. The maximum atomic E-state index is 13.1. The summed E-state index contributed by atoms with van der Waals surface area (Å²) in [7, 11) is 0. The maximum absolute atomic E-state index is 13.1. The Morgan fingerprint density at radius 2 is 1.92 bits per heavy atom. The maximum Gasteiger partial charge on any atom is 0.274 e. The van der Waals surface area contributed by atoms with Gasteiger partial charge in [0, 0.05) is 12.0 Å². The minimum Gasteiger partial charge on any atom is -0.467 e. The van der Waals surface area contributed by atoms with Crippen molar-refractivity contribution >= 4 is 11.6 Å². The quantitative estimate of drug-likeness (QED) is 0.705. The van der Waals surface area contributed by atoms with Crippen molar-refractivity contribution in [3.8, 4) is 0 Å². The third-order valence-corrected chi connectivity index (χ3v) is 4.36. The molecule has 4 heteroatoms. The van der Waals surface area contributed by atoms with E-state index < -0.39 is 0 Å². The van der Waals surface area contributed by atoms with Crippen LogP contribution < -0.4 is 0 Å². The summed E-state index contributed by atoms with van der Waals surface area (Å²) in [5.74, 6) is 0.631. The van der Waals surface area contributed by atoms with Crippen LogP contribution in [0.1, 0.15) is 39.7 Å². The summed E-state index contributed by atoms with van der Waals surface area (Å²) in [5.41, 5.74) is 3.60. The number of aryl methyl sites for hydroxylation is 1. The van der Waals surface area contributed by atoms with E-state index in [1.54, 1.807) is 11.3 Å². The van der Waals surface area contributed by atoms with Gasteiger partial charge in [0.15, 0.2) is 0 Å². The first kappa shape index (κ1) is 15.4. The first-order valence-electron chi connectivity index (χ1n) is 8.29. The fourth-order valence-corrected chi connectivity index (χ4v) is 3.12. The molecule has 1 aliphatic rings. The summed E-state index contributed by atoms with van der Waals surface area (Å²) in [6.07, 6.45) is 2.26. The Balaban J connectivity index is 1.72. The molecule has 0 radical (unpaired) electrons. The minimum atomic E-state index is -0.224. The summed E-state index contributed by atoms with van der Waals surface area (Å²) in [6.45, 7) is 1.98. The molecule has 4 rings (SSSR count). The molecule has 0 spiro atoms. The first-order valence-corrected chi connectivity index (χ1v) is 8.29. The van der Waals surface area contributed by atoms with Crippen LogP contribution in [-0.2, 0) is 0 Å². The van der Waals surface area contributed by atoms with E-state index in [1.165, 1.54) is 0 Å². The van der Waals surface area contributed by atoms with Gasteiger partial charge in [-0.1, -0.05) is 48.0 Å². The van der Waals surface area contributed by atoms with Crippen molar-refractivity contribution in [3.05, 3.63) is 95.4 Å². The predicted molar refractivity (Wildman–Crippen MR) is 96.4 cm³/mol. The molecule has 0 saturated heterocycles. The van der Waals surface area contributed by atoms with Gasteiger partial charge in [0.1, 0.15) is 11.8 Å². The van der Waals surface area contributed by atoms with Crippen LogP contribution in [0.15, 0.2) is 82.5 Å². The number of carbonyl (C=O) groups is 1. The van der Waals surface area contributed by atoms with Gasteiger partial charge in [-0.15, -0.1) is 0 Å². The highest BCUT2D eigenvalue weighted by atomic mass is 16.3. The summed E-state index contributed by atoms with van der Waals surface area (Å²) < 4.78 is 5.57. The van der Waals surface area contributed by atoms with Crippen molar-refractivity contribution in [2.24, 2.45) is 5.10 Å². The van der Waals surface area contributed by atoms with Crippen molar-refractivity contribution in [2.45, 2.75) is 19.4 Å². The fraction of sp³-hybridized carbons (Fsp3) is 0.143. The van der Waals surface area contributed by atoms with Gasteiger partial charge >= 0.3 is 0 Å². The monoisotopic (exact) mass is 330 g/mol. The van der Waals surface area contributed by atoms with Crippen LogP contribution in [0.3, 0.4) is 0 Å². The van der Waals surface area contributed by atoms with Gasteiger partial charge in [0.2, 0.25) is 0 Å². The molecule has 1 atom stereocenters. The number of nitrogens with zero attached hydrogens (tertiary/aromatic N) is 2. The lowest BCUT2D eigenvalue weighted by Gasteiger charge is -2.20. The van der Waals surface area contributed by atoms with Gasteiger partial charge in [-0.05, 0) is 36.8 Å². The van der Waals surface area contributed by atoms with E-state index >= 15 is 0 Å². The number of furan rings is 1. The molecule has 25 heavy (non-hydrogen) atoms. The number of carbonyl (C=O) groups excluding carboxylic acids is 1. The Hall–Kier alpha value is -3.14. The van der Waals surface area contributed by atoms with Crippen molar-refractivity contribution in [1.29, 1.82) is 0 Å². The van der Waals surface area contributed by atoms with Gasteiger partial charge in [0.05, 0.1) is 12.0 Å². The molecule has 2 aromatic carbocycles. The molecular formula is C21H18N2O2. The van der Waals surface area contributed by atoms with Crippen LogP contribution in [0.25, 0.3) is 0 Å². The molecule has 0 bridgehead atoms. The van der Waals surface area contributed by atoms with Gasteiger partial charge in [-0.2, -0.15) is 5.10 Å². The van der Waals surface area contributed by atoms with E-state index in [1.807, 2.05) is 73.7 Å². The topological polar surface area (TPSA) is 45.8 Å². The molecular weight excluding hydrogens is 312 g/mol. The molecule has 124 valence electrons. The zero-order chi connectivity index (χ0) is 17.2. The van der Waals surface area contributed by atoms with Crippen LogP contribution in [0, 0.1) is 6.92 Å². The van der Waals surface area contributed by atoms with Crippen molar-refractivity contribution < 1.29 is 9.21 Å². The molecule has 0 saturated carbocycles. The third-order valence-electron chi connectivity index (χ3n) is 4.36. The molecule has 0 unspecified atom stereocenters. The van der Waals surface area contributed by atoms with E-state index in [0.717, 1.165) is 22.6 Å². The van der Waals surface area contributed by atoms with E-state index in [4.69, 9.17) is 4.42 Å². The minimum absolute atomic E-state index is 0.115. The number of hydrogen-bond donors (Lipinski definition) is 0. The lowest BCUT2D eigenvalue weighted by Crippen LogP contribution is -2.26. The highest BCUT2D eigenvalue weighted by Crippen LogP contribution is 2.34. The molecule has 0 aliphatic carbocycles. The highest BCUT2D eigenvalue weighted by Gasteiger charge is 2.35. The standard InChI is InChI=1S/C21H18N2O2/c1-15-7-5-10-17(13-15)21(24)23-19(20-11-6-12-25-20)14-18(22-23)16-8-3-2-4-9-16/h2-13,19H,14H2,1H3/t19-/m1/s1. The van der Waals surface area contributed by atoms with Crippen LogP contribution in [0.4, 0.5) is 0 Å². The Morgan fingerprint density at radius 1 is 1.08 bits per heavy atom. The molecule has 2 heterocycles. The Bertz CT molecular complexity index is 914. The van der Waals surface area contributed by atoms with E-state index in [2.05, 4.69) is 5.10 Å². The van der Waals surface area contributed by atoms with Crippen LogP contribution in [0.5, 0.6) is 0 Å². The average molecular weight is 330 g/mol. The SMILES string of the molecule is Cc1cccc(C(=O)N2N=C(c3ccccc3)C[C@@H]2c2ccco2)c1. The molecule has 1 amide bonds. The number of rotatable bonds is 3. The zero-order valence-corrected chi connectivity index (χ0v) is 13.9. The molecule has 1 aromatic heterocycles. The summed E-state index contributed by atoms with van der Waals surface area (Å²) >= 11 is 0. The predicted octanol–water partition coefficient (Wildman–Crippen LogP) is 4.58. The van der Waals surface area contributed by atoms with Crippen LogP contribution >= 0.6 is 0 Å². The van der Waals surface area contributed by atoms with E-state index in [9.17, 15) is 4.79 Å². The van der Waals surface area contributed by atoms with Crippen molar-refractivity contribution in [3.63, 3.8) is 0 Å². The van der Waals surface area contributed by atoms with Gasteiger partial charge in [-0.25, -0.2) is 5.01 Å². The number of amides is 1. The van der Waals surface area contributed by atoms with E-state index in [0.29, 0.717) is 12.0 Å². The lowest BCUT2D eigenvalue weighted by molar-refractivity contribution is 0.0692. The summed E-state index contributed by atoms with van der Waals surface area (Å²) in [4.78, 5) is 13.1. The molecule has 3 aromatic rings. The number of hydrogen-bond acceptors (Lipinski definition) is 3. The smallest absolute Gasteiger partial charge is 0.274 e. The molecule has 0 N–H and O–H groups in total. The average Bonchev–Trinajstić information content (AvgIpc) is 3.31.